The average Bonchev–Trinajstić information content (AvgIpc) is 2.44. The fourth-order valence-corrected chi connectivity index (χ4v) is 2.57. The molecule has 0 radical (unpaired) electrons. The highest BCUT2D eigenvalue weighted by molar-refractivity contribution is 5.77. The van der Waals surface area contributed by atoms with Crippen molar-refractivity contribution in [1.29, 1.82) is 0 Å². The first-order valence-electron chi connectivity index (χ1n) is 7.14. The molecule has 1 heterocycles. The van der Waals surface area contributed by atoms with Gasteiger partial charge in [-0.1, -0.05) is 6.07 Å². The molecule has 1 aliphatic heterocycles. The molecule has 1 fully saturated rings. The van der Waals surface area contributed by atoms with Crippen LogP contribution in [0.1, 0.15) is 25.8 Å². The normalized spacial score (nSPS) is 17.6. The van der Waals surface area contributed by atoms with Gasteiger partial charge < -0.3 is 14.4 Å². The summed E-state index contributed by atoms with van der Waals surface area (Å²) in [6.07, 6.45) is 0.891. The van der Waals surface area contributed by atoms with E-state index in [1.807, 2.05) is 18.7 Å². The lowest BCUT2D eigenvalue weighted by molar-refractivity contribution is -0.146. The van der Waals surface area contributed by atoms with Crippen molar-refractivity contribution >= 4 is 5.91 Å². The van der Waals surface area contributed by atoms with Crippen LogP contribution in [0.2, 0.25) is 0 Å². The molecule has 0 aromatic heterocycles. The predicted molar refractivity (Wildman–Crippen MR) is 77.9 cm³/mol. The van der Waals surface area contributed by atoms with Crippen LogP contribution < -0.4 is 4.74 Å². The Hall–Kier alpha value is -1.62. The number of methoxy groups -OCH3 is 1. The minimum absolute atomic E-state index is 0.0829. The number of amides is 1. The van der Waals surface area contributed by atoms with E-state index >= 15 is 0 Å². The second kappa shape index (κ2) is 6.43. The largest absolute Gasteiger partial charge is 0.494 e. The molecule has 21 heavy (non-hydrogen) atoms. The molecule has 4 nitrogen and oxygen atoms in total. The van der Waals surface area contributed by atoms with Gasteiger partial charge >= 0.3 is 0 Å². The van der Waals surface area contributed by atoms with Crippen molar-refractivity contribution in [2.24, 2.45) is 0 Å². The van der Waals surface area contributed by atoms with Crippen molar-refractivity contribution in [1.82, 2.24) is 4.90 Å². The number of benzene rings is 1. The maximum Gasteiger partial charge on any atom is 0.223 e. The summed E-state index contributed by atoms with van der Waals surface area (Å²) >= 11 is 0. The smallest absolute Gasteiger partial charge is 0.223 e. The molecule has 116 valence electrons. The van der Waals surface area contributed by atoms with Gasteiger partial charge in [0.1, 0.15) is 0 Å². The quantitative estimate of drug-likeness (QED) is 0.856. The van der Waals surface area contributed by atoms with Crippen molar-refractivity contribution in [2.75, 3.05) is 26.9 Å². The van der Waals surface area contributed by atoms with E-state index in [1.165, 1.54) is 13.2 Å². The molecule has 0 aliphatic carbocycles. The van der Waals surface area contributed by atoms with Crippen LogP contribution >= 0.6 is 0 Å². The lowest BCUT2D eigenvalue weighted by Crippen LogP contribution is -2.55. The monoisotopic (exact) mass is 295 g/mol. The number of aryl methyl sites for hydroxylation is 1. The summed E-state index contributed by atoms with van der Waals surface area (Å²) in [5, 5.41) is 0. The number of hydrogen-bond acceptors (Lipinski definition) is 3. The molecule has 1 aromatic carbocycles. The van der Waals surface area contributed by atoms with Crippen LogP contribution in [0.3, 0.4) is 0 Å². The van der Waals surface area contributed by atoms with E-state index in [1.54, 1.807) is 12.1 Å². The molecule has 5 heteroatoms. The second-order valence-electron chi connectivity index (χ2n) is 5.88. The highest BCUT2D eigenvalue weighted by Gasteiger charge is 2.33. The molecule has 1 aliphatic rings. The van der Waals surface area contributed by atoms with Crippen LogP contribution in [0.4, 0.5) is 4.39 Å². The third-order valence-corrected chi connectivity index (χ3v) is 3.79. The van der Waals surface area contributed by atoms with Crippen molar-refractivity contribution in [3.63, 3.8) is 0 Å². The van der Waals surface area contributed by atoms with Gasteiger partial charge in [0, 0.05) is 13.0 Å². The van der Waals surface area contributed by atoms with Crippen LogP contribution in [0.5, 0.6) is 5.75 Å². The average molecular weight is 295 g/mol. The fourth-order valence-electron chi connectivity index (χ4n) is 2.57. The molecule has 1 aromatic rings. The molecule has 2 rings (SSSR count). The number of ether oxygens (including phenoxy) is 2. The summed E-state index contributed by atoms with van der Waals surface area (Å²) in [5.41, 5.74) is 0.522. The number of morpholine rings is 1. The summed E-state index contributed by atoms with van der Waals surface area (Å²) in [6, 6.07) is 4.81. The summed E-state index contributed by atoms with van der Waals surface area (Å²) < 4.78 is 23.9. The summed E-state index contributed by atoms with van der Waals surface area (Å²) in [5.74, 6) is -0.0898. The van der Waals surface area contributed by atoms with Crippen molar-refractivity contribution < 1.29 is 18.7 Å². The van der Waals surface area contributed by atoms with Crippen LogP contribution in [0, 0.1) is 5.82 Å². The predicted octanol–water partition coefficient (Wildman–Crippen LogP) is 2.40. The van der Waals surface area contributed by atoms with Gasteiger partial charge in [0.15, 0.2) is 11.6 Å². The molecule has 1 saturated heterocycles. The van der Waals surface area contributed by atoms with Crippen LogP contribution in [0.25, 0.3) is 0 Å². The van der Waals surface area contributed by atoms with Gasteiger partial charge in [-0.05, 0) is 38.0 Å². The van der Waals surface area contributed by atoms with Gasteiger partial charge in [-0.2, -0.15) is 0 Å². The van der Waals surface area contributed by atoms with E-state index in [4.69, 9.17) is 9.47 Å². The van der Waals surface area contributed by atoms with E-state index in [0.29, 0.717) is 32.6 Å². The molecular formula is C16H22FNO3. The zero-order valence-corrected chi connectivity index (χ0v) is 12.8. The van der Waals surface area contributed by atoms with Crippen molar-refractivity contribution in [2.45, 2.75) is 32.2 Å². The van der Waals surface area contributed by atoms with Crippen LogP contribution in [-0.4, -0.2) is 43.2 Å². The Balaban J connectivity index is 1.96. The first kappa shape index (κ1) is 15.8. The van der Waals surface area contributed by atoms with Gasteiger partial charge in [-0.25, -0.2) is 4.39 Å². The van der Waals surface area contributed by atoms with Crippen LogP contribution in [-0.2, 0) is 16.0 Å². The number of hydrogen-bond donors (Lipinski definition) is 0. The maximum atomic E-state index is 13.6. The Morgan fingerprint density at radius 2 is 2.24 bits per heavy atom. The SMILES string of the molecule is COc1ccc(CCC(=O)N2CCOCC2(C)C)cc1F. The number of nitrogens with zero attached hydrogens (tertiary/aromatic N) is 1. The molecule has 0 unspecified atom stereocenters. The topological polar surface area (TPSA) is 38.8 Å². The molecule has 0 bridgehead atoms. The summed E-state index contributed by atoms with van der Waals surface area (Å²) in [6.45, 7) is 5.74. The highest BCUT2D eigenvalue weighted by atomic mass is 19.1. The second-order valence-corrected chi connectivity index (χ2v) is 5.88. The van der Waals surface area contributed by atoms with Crippen LogP contribution in [0.15, 0.2) is 18.2 Å². The number of rotatable bonds is 4. The fraction of sp³-hybridized carbons (Fsp3) is 0.562. The molecule has 0 spiro atoms. The maximum absolute atomic E-state index is 13.6. The Kier molecular flexibility index (Phi) is 4.83. The molecule has 1 amide bonds. The zero-order chi connectivity index (χ0) is 15.5. The Labute approximate surface area is 124 Å². The third kappa shape index (κ3) is 3.73. The highest BCUT2D eigenvalue weighted by Crippen LogP contribution is 2.22. The van der Waals surface area contributed by atoms with Crippen molar-refractivity contribution in [3.05, 3.63) is 29.6 Å². The lowest BCUT2D eigenvalue weighted by atomic mass is 10.0. The van der Waals surface area contributed by atoms with E-state index in [0.717, 1.165) is 5.56 Å². The van der Waals surface area contributed by atoms with E-state index in [-0.39, 0.29) is 17.2 Å². The Bertz CT molecular complexity index is 516. The molecule has 0 N–H and O–H groups in total. The van der Waals surface area contributed by atoms with E-state index < -0.39 is 5.82 Å². The van der Waals surface area contributed by atoms with Crippen molar-refractivity contribution in [3.8, 4) is 5.75 Å². The first-order valence-corrected chi connectivity index (χ1v) is 7.14. The first-order chi connectivity index (χ1) is 9.94. The van der Waals surface area contributed by atoms with Gasteiger partial charge in [0.05, 0.1) is 25.9 Å². The summed E-state index contributed by atoms with van der Waals surface area (Å²) in [7, 11) is 1.43. The van der Waals surface area contributed by atoms with Gasteiger partial charge in [0.2, 0.25) is 5.91 Å². The molecule has 0 atom stereocenters. The van der Waals surface area contributed by atoms with Gasteiger partial charge in [0.25, 0.3) is 0 Å². The number of carbonyl (C=O) groups is 1. The minimum atomic E-state index is -0.394. The Morgan fingerprint density at radius 1 is 1.48 bits per heavy atom. The number of carbonyl (C=O) groups excluding carboxylic acids is 1. The van der Waals surface area contributed by atoms with E-state index in [2.05, 4.69) is 0 Å². The molecule has 0 saturated carbocycles. The lowest BCUT2D eigenvalue weighted by Gasteiger charge is -2.42. The zero-order valence-electron chi connectivity index (χ0n) is 12.8. The van der Waals surface area contributed by atoms with Gasteiger partial charge in [-0.3, -0.25) is 4.79 Å². The van der Waals surface area contributed by atoms with Gasteiger partial charge in [-0.15, -0.1) is 0 Å². The third-order valence-electron chi connectivity index (χ3n) is 3.79. The number of halogens is 1. The Morgan fingerprint density at radius 3 is 2.86 bits per heavy atom. The minimum Gasteiger partial charge on any atom is -0.494 e. The summed E-state index contributed by atoms with van der Waals surface area (Å²) in [4.78, 5) is 14.2. The standard InChI is InChI=1S/C16H22FNO3/c1-16(2)11-21-9-8-18(16)15(19)7-5-12-4-6-14(20-3)13(17)10-12/h4,6,10H,5,7-9,11H2,1-3H3. The molecular weight excluding hydrogens is 273 g/mol. The van der Waals surface area contributed by atoms with E-state index in [9.17, 15) is 9.18 Å².